The summed E-state index contributed by atoms with van der Waals surface area (Å²) in [6, 6.07) is 21.2. The third-order valence-corrected chi connectivity index (χ3v) is 10.2. The van der Waals surface area contributed by atoms with E-state index in [4.69, 9.17) is 22.0 Å². The molecule has 0 radical (unpaired) electrons. The van der Waals surface area contributed by atoms with Crippen molar-refractivity contribution in [3.8, 4) is 22.5 Å². The Hall–Kier alpha value is -5.29. The summed E-state index contributed by atoms with van der Waals surface area (Å²) >= 11 is 8.78. The van der Waals surface area contributed by atoms with Crippen LogP contribution in [0.15, 0.2) is 109 Å². The van der Waals surface area contributed by atoms with E-state index in [1.807, 2.05) is 0 Å². The van der Waals surface area contributed by atoms with Crippen molar-refractivity contribution in [3.63, 3.8) is 0 Å². The van der Waals surface area contributed by atoms with Crippen LogP contribution < -0.4 is 26.3 Å². The van der Waals surface area contributed by atoms with Gasteiger partial charge in [-0.1, -0.05) is 36.4 Å². The highest BCUT2D eigenvalue weighted by atomic mass is 79.9. The summed E-state index contributed by atoms with van der Waals surface area (Å²) in [5.41, 5.74) is 12.5. The zero-order valence-electron chi connectivity index (χ0n) is 32.1. The second-order valence-electron chi connectivity index (χ2n) is 12.9. The fourth-order valence-corrected chi connectivity index (χ4v) is 7.25. The summed E-state index contributed by atoms with van der Waals surface area (Å²) in [6.07, 6.45) is -7.94. The van der Waals surface area contributed by atoms with E-state index in [-0.39, 0.29) is 26.4 Å². The van der Waals surface area contributed by atoms with E-state index in [9.17, 15) is 35.1 Å². The average Bonchev–Trinajstić information content (AvgIpc) is 3.53. The molecule has 3 aliphatic rings. The normalized spacial score (nSPS) is 17.7. The Morgan fingerprint density at radius 3 is 1.74 bits per heavy atom. The van der Waals surface area contributed by atoms with Crippen molar-refractivity contribution < 1.29 is 44.6 Å². The van der Waals surface area contributed by atoms with Gasteiger partial charge in [0.1, 0.15) is 45.3 Å². The molecule has 2 unspecified atom stereocenters. The number of aliphatic imine (C=N–C) groups is 3. The third-order valence-electron chi connectivity index (χ3n) is 8.97. The molecule has 0 aliphatic carbocycles. The quantitative estimate of drug-likeness (QED) is 0.154. The molecule has 11 nitrogen and oxygen atoms in total. The van der Waals surface area contributed by atoms with E-state index in [2.05, 4.69) is 77.6 Å². The molecular formula is C40H34Br3F8N9O2. The third kappa shape index (κ3) is 12.0. The van der Waals surface area contributed by atoms with Gasteiger partial charge in [-0.3, -0.25) is 14.9 Å². The van der Waals surface area contributed by atoms with Crippen molar-refractivity contribution >= 4 is 65.4 Å². The summed E-state index contributed by atoms with van der Waals surface area (Å²) in [5, 5.41) is 17.7. The Morgan fingerprint density at radius 1 is 0.758 bits per heavy atom. The van der Waals surface area contributed by atoms with Crippen LogP contribution in [0.4, 0.5) is 35.1 Å². The van der Waals surface area contributed by atoms with Crippen molar-refractivity contribution in [2.45, 2.75) is 43.6 Å². The van der Waals surface area contributed by atoms with Crippen molar-refractivity contribution in [1.82, 2.24) is 10.2 Å². The second kappa shape index (κ2) is 21.2. The highest BCUT2D eigenvalue weighted by Crippen LogP contribution is 2.43. The smallest absolute Gasteiger partial charge is 0.406 e. The number of benzene rings is 4. The number of ether oxygens (including phenoxy) is 2. The highest BCUT2D eigenvalue weighted by molar-refractivity contribution is 9.12. The Morgan fingerprint density at radius 2 is 1.24 bits per heavy atom. The van der Waals surface area contributed by atoms with E-state index in [1.54, 1.807) is 28.1 Å². The van der Waals surface area contributed by atoms with Gasteiger partial charge < -0.3 is 26.3 Å². The summed E-state index contributed by atoms with van der Waals surface area (Å²) < 4.78 is 111. The molecule has 62 heavy (non-hydrogen) atoms. The van der Waals surface area contributed by atoms with Gasteiger partial charge in [-0.05, 0) is 115 Å². The Labute approximate surface area is 375 Å². The van der Waals surface area contributed by atoms with Gasteiger partial charge in [0.15, 0.2) is 11.5 Å². The molecule has 0 aromatic heterocycles. The van der Waals surface area contributed by atoms with Gasteiger partial charge in [0.25, 0.3) is 0 Å². The summed E-state index contributed by atoms with van der Waals surface area (Å²) in [6.45, 7) is 3.84. The van der Waals surface area contributed by atoms with E-state index < -0.39 is 35.4 Å². The van der Waals surface area contributed by atoms with Crippen LogP contribution in [0.1, 0.15) is 42.0 Å². The van der Waals surface area contributed by atoms with Gasteiger partial charge in [-0.15, -0.1) is 26.3 Å². The van der Waals surface area contributed by atoms with E-state index >= 15 is 0 Å². The summed E-state index contributed by atoms with van der Waals surface area (Å²) in [5.74, 6) is -0.328. The predicted molar refractivity (Wildman–Crippen MR) is 226 cm³/mol. The zero-order chi connectivity index (χ0) is 45.9. The fraction of sp³-hybridized carbons (Fsp3) is 0.275. The lowest BCUT2D eigenvalue weighted by atomic mass is 9.82. The molecule has 4 aromatic rings. The molecule has 0 saturated heterocycles. The van der Waals surface area contributed by atoms with Crippen LogP contribution in [-0.2, 0) is 11.1 Å². The van der Waals surface area contributed by atoms with Crippen molar-refractivity contribution in [1.29, 1.82) is 10.5 Å². The Balaban J connectivity index is 0.000000243. The van der Waals surface area contributed by atoms with E-state index in [0.29, 0.717) is 60.1 Å². The van der Waals surface area contributed by atoms with Crippen LogP contribution in [0.3, 0.4) is 0 Å². The molecule has 0 fully saturated rings. The first kappa shape index (κ1) is 49.4. The number of hydrogen-bond acceptors (Lipinski definition) is 11. The monoisotopic (exact) mass is 1060 g/mol. The Kier molecular flexibility index (Phi) is 16.9. The molecule has 0 amide bonds. The number of hydrogen-bond donors (Lipinski definition) is 3. The molecule has 0 bridgehead atoms. The van der Waals surface area contributed by atoms with Gasteiger partial charge in [0.2, 0.25) is 0 Å². The predicted octanol–water partition coefficient (Wildman–Crippen LogP) is 9.64. The molecule has 7 rings (SSSR count). The van der Waals surface area contributed by atoms with Crippen LogP contribution >= 0.6 is 47.8 Å². The minimum atomic E-state index is -4.79. The molecule has 0 saturated carbocycles. The van der Waals surface area contributed by atoms with Gasteiger partial charge >= 0.3 is 12.7 Å². The maximum absolute atomic E-state index is 13.9. The number of halogens is 11. The molecule has 3 aliphatic heterocycles. The minimum Gasteiger partial charge on any atom is -0.406 e. The lowest BCUT2D eigenvalue weighted by Crippen LogP contribution is -2.53. The number of nitrogens with one attached hydrogen (secondary N) is 1. The van der Waals surface area contributed by atoms with Gasteiger partial charge in [-0.25, -0.2) is 13.8 Å². The highest BCUT2D eigenvalue weighted by Gasteiger charge is 2.49. The average molecular weight is 1060 g/mol. The van der Waals surface area contributed by atoms with Gasteiger partial charge in [0.05, 0.1) is 15.0 Å². The molecule has 4 aromatic carbocycles. The number of amidine groups is 2. The van der Waals surface area contributed by atoms with Crippen molar-refractivity contribution in [2.75, 3.05) is 26.2 Å². The number of nitrogens with zero attached hydrogens (tertiary/aromatic N) is 6. The first-order valence-electron chi connectivity index (χ1n) is 17.9. The number of nitrogens with two attached hydrogens (primary N) is 2. The first-order chi connectivity index (χ1) is 29.2. The van der Waals surface area contributed by atoms with Crippen LogP contribution in [0, 0.1) is 33.2 Å². The van der Waals surface area contributed by atoms with E-state index in [1.165, 1.54) is 79.7 Å². The first-order valence-corrected chi connectivity index (χ1v) is 20.3. The molecule has 328 valence electrons. The fourth-order valence-electron chi connectivity index (χ4n) is 6.49. The number of rotatable bonds is 7. The van der Waals surface area contributed by atoms with Gasteiger partial charge in [-0.2, -0.15) is 10.5 Å². The van der Waals surface area contributed by atoms with Crippen molar-refractivity contribution in [3.05, 3.63) is 128 Å². The molecule has 0 spiro atoms. The lowest BCUT2D eigenvalue weighted by molar-refractivity contribution is -0.275. The van der Waals surface area contributed by atoms with Gasteiger partial charge in [0, 0.05) is 49.0 Å². The molecule has 2 atom stereocenters. The number of guanidine groups is 1. The maximum Gasteiger partial charge on any atom is 0.573 e. The number of fused-ring (bicyclic) bond motifs is 1. The minimum absolute atomic E-state index is 0.225. The SMILES string of the molecule is CC#N.N#CBr.NC(C1=NCCCN1)(c1ccc(OC(F)(F)F)cc1)c1ccc(F)c(Br)c1.NC1=NC(c2ccc(OC(F)(F)F)cc2)(c2ccc(F)c(Br)c2)C2=NCCCN12. The van der Waals surface area contributed by atoms with Crippen LogP contribution in [-0.4, -0.2) is 61.4 Å². The molecular weight excluding hydrogens is 1030 g/mol. The van der Waals surface area contributed by atoms with Crippen LogP contribution in [0.5, 0.6) is 11.5 Å². The number of alkyl halides is 6. The molecule has 3 heterocycles. The van der Waals surface area contributed by atoms with E-state index in [0.717, 1.165) is 12.8 Å². The summed E-state index contributed by atoms with van der Waals surface area (Å²) in [4.78, 5) is 17.1. The Bertz CT molecular complexity index is 2360. The zero-order valence-corrected chi connectivity index (χ0v) is 36.9. The van der Waals surface area contributed by atoms with Crippen LogP contribution in [0.2, 0.25) is 0 Å². The largest absolute Gasteiger partial charge is 0.573 e. The summed E-state index contributed by atoms with van der Waals surface area (Å²) in [7, 11) is 0. The topological polar surface area (TPSA) is 170 Å². The second-order valence-corrected chi connectivity index (χ2v) is 15.0. The molecule has 22 heteroatoms. The van der Waals surface area contributed by atoms with Crippen LogP contribution in [0.25, 0.3) is 0 Å². The lowest BCUT2D eigenvalue weighted by Gasteiger charge is -2.34. The number of nitriles is 2. The maximum atomic E-state index is 13.9. The standard InChI is InChI=1S/C19H15BrF4N4O.C18H16BrF4N3O.C2H3N.CBrN/c20-14-10-12(4-7-15(14)21)18(16-26-8-1-9-28(16)17(25)27-18)11-2-5-13(6-3-11)29-19(22,23)24;19-14-10-12(4-7-15(14)20)17(24,16-25-8-1-9-26-16)11-2-5-13(6-3-11)27-18(21,22)23;1-2-3;2-1-3/h2-7,10H,1,8-9H2,(H2,25,27);2-7,10H,1,8-9,24H2,(H,25,26);1H3;. The van der Waals surface area contributed by atoms with Crippen molar-refractivity contribution in [2.24, 2.45) is 26.4 Å². The molecule has 5 N–H and O–H groups in total.